The van der Waals surface area contributed by atoms with Gasteiger partial charge in [-0.25, -0.2) is 9.78 Å². The quantitative estimate of drug-likeness (QED) is 0.723. The zero-order valence-electron chi connectivity index (χ0n) is 20.0. The molecule has 1 amide bonds. The van der Waals surface area contributed by atoms with Crippen LogP contribution in [0.3, 0.4) is 0 Å². The highest BCUT2D eigenvalue weighted by Crippen LogP contribution is 2.25. The number of anilines is 2. The number of aromatic nitrogens is 4. The maximum absolute atomic E-state index is 13.4. The molecular formula is C22H31F2N7O3. The van der Waals surface area contributed by atoms with Gasteiger partial charge in [0.15, 0.2) is 0 Å². The predicted octanol–water partition coefficient (Wildman–Crippen LogP) is 2.79. The number of nitrogens with one attached hydrogen (secondary N) is 1. The highest BCUT2D eigenvalue weighted by Gasteiger charge is 2.29. The zero-order chi connectivity index (χ0) is 24.6. The highest BCUT2D eigenvalue weighted by atomic mass is 19.3. The summed E-state index contributed by atoms with van der Waals surface area (Å²) < 4.78 is 32.5. The minimum Gasteiger partial charge on any atom is -0.444 e. The number of H-pyrrole nitrogens is 1. The lowest BCUT2D eigenvalue weighted by Gasteiger charge is -2.36. The van der Waals surface area contributed by atoms with Gasteiger partial charge in [0.05, 0.1) is 5.69 Å². The Kier molecular flexibility index (Phi) is 6.50. The van der Waals surface area contributed by atoms with Crippen LogP contribution in [0.4, 0.5) is 25.2 Å². The van der Waals surface area contributed by atoms with Crippen LogP contribution in [-0.4, -0.2) is 75.4 Å². The van der Waals surface area contributed by atoms with Crippen LogP contribution in [0.25, 0.3) is 5.78 Å². The van der Waals surface area contributed by atoms with Gasteiger partial charge in [-0.2, -0.15) is 18.3 Å². The van der Waals surface area contributed by atoms with E-state index in [9.17, 15) is 18.4 Å². The Bertz CT molecular complexity index is 1150. The minimum atomic E-state index is -1.61. The van der Waals surface area contributed by atoms with E-state index < -0.39 is 11.7 Å². The van der Waals surface area contributed by atoms with Crippen LogP contribution >= 0.6 is 0 Å². The van der Waals surface area contributed by atoms with Crippen LogP contribution in [0.5, 0.6) is 0 Å². The van der Waals surface area contributed by atoms with Crippen molar-refractivity contribution in [3.05, 3.63) is 27.7 Å². The minimum absolute atomic E-state index is 0.170. The molecule has 0 radical (unpaired) electrons. The molecule has 12 heteroatoms. The van der Waals surface area contributed by atoms with E-state index >= 15 is 0 Å². The smallest absolute Gasteiger partial charge is 0.410 e. The molecule has 2 saturated heterocycles. The van der Waals surface area contributed by atoms with Gasteiger partial charge in [-0.3, -0.25) is 9.89 Å². The second kappa shape index (κ2) is 9.22. The van der Waals surface area contributed by atoms with E-state index in [1.165, 1.54) is 4.52 Å². The number of rotatable bonds is 3. The van der Waals surface area contributed by atoms with Crippen molar-refractivity contribution in [2.75, 3.05) is 49.1 Å². The molecular weight excluding hydrogens is 448 g/mol. The van der Waals surface area contributed by atoms with Gasteiger partial charge in [0, 0.05) is 39.3 Å². The normalized spacial score (nSPS) is 17.5. The number of aromatic amines is 1. The van der Waals surface area contributed by atoms with Gasteiger partial charge in [0.1, 0.15) is 11.3 Å². The third-order valence-corrected chi connectivity index (χ3v) is 6.05. The van der Waals surface area contributed by atoms with E-state index in [4.69, 9.17) is 4.74 Å². The van der Waals surface area contributed by atoms with E-state index in [0.717, 1.165) is 0 Å². The van der Waals surface area contributed by atoms with E-state index in [1.54, 1.807) is 4.90 Å². The average molecular weight is 480 g/mol. The first-order valence-corrected chi connectivity index (χ1v) is 11.6. The molecule has 4 heterocycles. The lowest BCUT2D eigenvalue weighted by Crippen LogP contribution is -2.51. The summed E-state index contributed by atoms with van der Waals surface area (Å²) in [5, 5.41) is 3.00. The molecule has 0 atom stereocenters. The fraction of sp³-hybridized carbons (Fsp3) is 0.636. The van der Waals surface area contributed by atoms with Crippen LogP contribution < -0.4 is 15.4 Å². The molecule has 2 fully saturated rings. The fourth-order valence-electron chi connectivity index (χ4n) is 4.26. The molecule has 2 aromatic heterocycles. The van der Waals surface area contributed by atoms with Gasteiger partial charge in [-0.1, -0.05) is 6.92 Å². The van der Waals surface area contributed by atoms with Crippen LogP contribution in [0, 0.1) is 0 Å². The molecule has 10 nitrogen and oxygen atoms in total. The van der Waals surface area contributed by atoms with Crippen molar-refractivity contribution in [2.24, 2.45) is 0 Å². The predicted molar refractivity (Wildman–Crippen MR) is 124 cm³/mol. The number of fused-ring (bicyclic) bond motifs is 1. The molecule has 2 aliphatic rings. The second-order valence-corrected chi connectivity index (χ2v) is 9.55. The van der Waals surface area contributed by atoms with Gasteiger partial charge in [0.2, 0.25) is 5.95 Å². The molecule has 186 valence electrons. The number of halogens is 2. The molecule has 2 aliphatic heterocycles. The third kappa shape index (κ3) is 4.85. The van der Waals surface area contributed by atoms with E-state index in [0.29, 0.717) is 63.0 Å². The lowest BCUT2D eigenvalue weighted by molar-refractivity contribution is 0.0240. The molecule has 34 heavy (non-hydrogen) atoms. The van der Waals surface area contributed by atoms with E-state index in [-0.39, 0.29) is 35.8 Å². The topological polar surface area (TPSA) is 99.1 Å². The van der Waals surface area contributed by atoms with Gasteiger partial charge in [-0.05, 0) is 45.6 Å². The molecule has 2 aromatic rings. The van der Waals surface area contributed by atoms with Gasteiger partial charge >= 0.3 is 6.09 Å². The van der Waals surface area contributed by atoms with E-state index in [2.05, 4.69) is 15.1 Å². The summed E-state index contributed by atoms with van der Waals surface area (Å²) in [6.07, 6.45) is -0.905. The number of piperazine rings is 1. The number of ether oxygens (including phenoxy) is 1. The first-order valence-electron chi connectivity index (χ1n) is 11.6. The first kappa shape index (κ1) is 24.0. The molecule has 0 spiro atoms. The SMILES string of the molecule is CCc1nc2nc(N3CCC(=C(F)F)CC3)[nH]n2c(=O)c1N1CCN(C(=O)OC(C)(C)C)CC1. The number of piperidine rings is 1. The Morgan fingerprint density at radius 1 is 1.03 bits per heavy atom. The number of nitrogens with zero attached hydrogens (tertiary/aromatic N) is 6. The summed E-state index contributed by atoms with van der Waals surface area (Å²) in [6.45, 7) is 10.0. The summed E-state index contributed by atoms with van der Waals surface area (Å²) in [5.74, 6) is 0.697. The summed E-state index contributed by atoms with van der Waals surface area (Å²) in [7, 11) is 0. The molecule has 0 bridgehead atoms. The van der Waals surface area contributed by atoms with Crippen molar-refractivity contribution in [2.45, 2.75) is 52.6 Å². The highest BCUT2D eigenvalue weighted by molar-refractivity contribution is 5.68. The standard InChI is InChI=1S/C22H31F2N7O3/c1-5-15-16(28-10-12-30(13-11-28)21(33)34-22(2,3)4)18(32)31-19(25-15)26-20(27-31)29-8-6-14(7-9-29)17(23)24/h5-13H2,1-4H3,(H,25,26,27). The monoisotopic (exact) mass is 479 g/mol. The maximum Gasteiger partial charge on any atom is 0.410 e. The molecule has 0 aliphatic carbocycles. The number of carbonyl (C=O) groups excluding carboxylic acids is 1. The van der Waals surface area contributed by atoms with Crippen molar-refractivity contribution >= 4 is 23.5 Å². The van der Waals surface area contributed by atoms with Crippen molar-refractivity contribution in [3.8, 4) is 0 Å². The number of hydrogen-bond donors (Lipinski definition) is 1. The van der Waals surface area contributed by atoms with Crippen LogP contribution in [0.15, 0.2) is 16.4 Å². The van der Waals surface area contributed by atoms with Gasteiger partial charge < -0.3 is 19.4 Å². The van der Waals surface area contributed by atoms with Crippen LogP contribution in [0.1, 0.15) is 46.2 Å². The van der Waals surface area contributed by atoms with Crippen molar-refractivity contribution in [1.29, 1.82) is 0 Å². The molecule has 0 unspecified atom stereocenters. The van der Waals surface area contributed by atoms with Crippen molar-refractivity contribution in [3.63, 3.8) is 0 Å². The Balaban J connectivity index is 1.55. The molecule has 0 saturated carbocycles. The fourth-order valence-corrected chi connectivity index (χ4v) is 4.26. The van der Waals surface area contributed by atoms with Crippen LogP contribution in [0.2, 0.25) is 0 Å². The molecule has 0 aromatic carbocycles. The summed E-state index contributed by atoms with van der Waals surface area (Å²) >= 11 is 0. The number of hydrogen-bond acceptors (Lipinski definition) is 7. The van der Waals surface area contributed by atoms with Gasteiger partial charge in [-0.15, -0.1) is 0 Å². The summed E-state index contributed by atoms with van der Waals surface area (Å²) in [5.41, 5.74) is 0.462. The van der Waals surface area contributed by atoms with Crippen molar-refractivity contribution < 1.29 is 18.3 Å². The average Bonchev–Trinajstić information content (AvgIpc) is 3.22. The van der Waals surface area contributed by atoms with E-state index in [1.807, 2.05) is 37.5 Å². The van der Waals surface area contributed by atoms with Crippen molar-refractivity contribution in [1.82, 2.24) is 24.5 Å². The number of amides is 1. The van der Waals surface area contributed by atoms with Crippen LogP contribution in [-0.2, 0) is 11.2 Å². The lowest BCUT2D eigenvalue weighted by atomic mass is 10.1. The third-order valence-electron chi connectivity index (χ3n) is 6.05. The molecule has 4 rings (SSSR count). The first-order chi connectivity index (χ1) is 16.1. The maximum atomic E-state index is 13.4. The Morgan fingerprint density at radius 2 is 1.68 bits per heavy atom. The zero-order valence-corrected chi connectivity index (χ0v) is 20.0. The summed E-state index contributed by atoms with van der Waals surface area (Å²) in [4.78, 5) is 40.3. The summed E-state index contributed by atoms with van der Waals surface area (Å²) in [6, 6.07) is 0. The second-order valence-electron chi connectivity index (χ2n) is 9.55. The largest absolute Gasteiger partial charge is 0.444 e. The Labute approximate surface area is 196 Å². The number of carbonyl (C=O) groups is 1. The number of aryl methyl sites for hydroxylation is 1. The Morgan fingerprint density at radius 3 is 2.24 bits per heavy atom. The Hall–Kier alpha value is -3.18. The molecule has 1 N–H and O–H groups in total. The van der Waals surface area contributed by atoms with Gasteiger partial charge in [0.25, 0.3) is 17.4 Å².